The van der Waals surface area contributed by atoms with Crippen molar-refractivity contribution in [3.63, 3.8) is 0 Å². The number of nitrogens with one attached hydrogen (secondary N) is 1. The Bertz CT molecular complexity index is 902. The molecule has 4 heteroatoms. The number of amides is 1. The van der Waals surface area contributed by atoms with E-state index in [1.54, 1.807) is 24.3 Å². The van der Waals surface area contributed by atoms with Gasteiger partial charge in [0.05, 0.1) is 12.7 Å². The molecule has 0 atom stereocenters. The molecule has 26 heavy (non-hydrogen) atoms. The summed E-state index contributed by atoms with van der Waals surface area (Å²) in [5, 5.41) is 2.95. The highest BCUT2D eigenvalue weighted by molar-refractivity contribution is 6.05. The van der Waals surface area contributed by atoms with Gasteiger partial charge in [-0.2, -0.15) is 0 Å². The zero-order valence-electron chi connectivity index (χ0n) is 14.4. The number of hydrogen-bond acceptors (Lipinski definition) is 3. The van der Waals surface area contributed by atoms with E-state index in [0.29, 0.717) is 11.1 Å². The van der Waals surface area contributed by atoms with Gasteiger partial charge in [-0.25, -0.2) is 4.79 Å². The number of anilines is 1. The van der Waals surface area contributed by atoms with E-state index < -0.39 is 5.97 Å². The quantitative estimate of drug-likeness (QED) is 0.701. The molecule has 3 rings (SSSR count). The number of benzene rings is 3. The summed E-state index contributed by atoms with van der Waals surface area (Å²) in [5.74, 6) is -0.646. The summed E-state index contributed by atoms with van der Waals surface area (Å²) in [6, 6.07) is 24.2. The Hall–Kier alpha value is -3.40. The molecule has 0 saturated carbocycles. The smallest absolute Gasteiger partial charge is 0.337 e. The van der Waals surface area contributed by atoms with Crippen LogP contribution in [0.4, 0.5) is 5.69 Å². The first-order valence-corrected chi connectivity index (χ1v) is 8.29. The van der Waals surface area contributed by atoms with Gasteiger partial charge in [0.2, 0.25) is 0 Å². The first kappa shape index (κ1) is 17.4. The van der Waals surface area contributed by atoms with Gasteiger partial charge in [-0.3, -0.25) is 4.79 Å². The molecule has 0 aliphatic heterocycles. The lowest BCUT2D eigenvalue weighted by atomic mass is 10.0. The summed E-state index contributed by atoms with van der Waals surface area (Å²) in [6.45, 7) is 0. The maximum absolute atomic E-state index is 12.5. The SMILES string of the molecule is COC(=O)c1ccc(C(=O)Nc2ccccc2Cc2ccccc2)cc1. The van der Waals surface area contributed by atoms with Crippen LogP contribution < -0.4 is 5.32 Å². The van der Waals surface area contributed by atoms with Gasteiger partial charge < -0.3 is 10.1 Å². The van der Waals surface area contributed by atoms with Crippen molar-refractivity contribution in [2.75, 3.05) is 12.4 Å². The Morgan fingerprint density at radius 1 is 0.808 bits per heavy atom. The molecule has 3 aromatic rings. The number of hydrogen-bond donors (Lipinski definition) is 1. The normalized spacial score (nSPS) is 10.2. The van der Waals surface area contributed by atoms with Gasteiger partial charge in [0, 0.05) is 11.3 Å². The maximum Gasteiger partial charge on any atom is 0.337 e. The lowest BCUT2D eigenvalue weighted by Gasteiger charge is -2.11. The molecule has 130 valence electrons. The van der Waals surface area contributed by atoms with Gasteiger partial charge in [0.15, 0.2) is 0 Å². The van der Waals surface area contributed by atoms with Crippen LogP contribution in [0.1, 0.15) is 31.8 Å². The zero-order chi connectivity index (χ0) is 18.4. The molecule has 3 aromatic carbocycles. The van der Waals surface area contributed by atoms with Crippen molar-refractivity contribution in [3.05, 3.63) is 101 Å². The molecule has 0 heterocycles. The topological polar surface area (TPSA) is 55.4 Å². The van der Waals surface area contributed by atoms with Gasteiger partial charge in [-0.1, -0.05) is 48.5 Å². The van der Waals surface area contributed by atoms with Crippen LogP contribution >= 0.6 is 0 Å². The predicted molar refractivity (Wildman–Crippen MR) is 101 cm³/mol. The second-order valence-electron chi connectivity index (χ2n) is 5.84. The van der Waals surface area contributed by atoms with Gasteiger partial charge in [-0.05, 0) is 47.9 Å². The molecule has 0 saturated heterocycles. The number of methoxy groups -OCH3 is 1. The van der Waals surface area contributed by atoms with E-state index in [1.807, 2.05) is 42.5 Å². The average molecular weight is 345 g/mol. The number of esters is 1. The van der Waals surface area contributed by atoms with Crippen LogP contribution in [-0.4, -0.2) is 19.0 Å². The number of rotatable bonds is 5. The van der Waals surface area contributed by atoms with E-state index in [-0.39, 0.29) is 5.91 Å². The van der Waals surface area contributed by atoms with E-state index >= 15 is 0 Å². The highest BCUT2D eigenvalue weighted by Crippen LogP contribution is 2.20. The second-order valence-corrected chi connectivity index (χ2v) is 5.84. The molecule has 0 fully saturated rings. The molecule has 0 aromatic heterocycles. The van der Waals surface area contributed by atoms with Crippen LogP contribution in [0, 0.1) is 0 Å². The first-order valence-electron chi connectivity index (χ1n) is 8.29. The largest absolute Gasteiger partial charge is 0.465 e. The number of para-hydroxylation sites is 1. The molecule has 0 radical (unpaired) electrons. The molecule has 0 aliphatic carbocycles. The average Bonchev–Trinajstić information content (AvgIpc) is 2.69. The summed E-state index contributed by atoms with van der Waals surface area (Å²) >= 11 is 0. The Labute approximate surface area is 152 Å². The highest BCUT2D eigenvalue weighted by Gasteiger charge is 2.11. The monoisotopic (exact) mass is 345 g/mol. The second kappa shape index (κ2) is 8.12. The summed E-state index contributed by atoms with van der Waals surface area (Å²) in [6.07, 6.45) is 0.735. The van der Waals surface area contributed by atoms with E-state index in [1.165, 1.54) is 12.7 Å². The van der Waals surface area contributed by atoms with Gasteiger partial charge in [0.25, 0.3) is 5.91 Å². The molecule has 1 amide bonds. The molecular weight excluding hydrogens is 326 g/mol. The van der Waals surface area contributed by atoms with Crippen LogP contribution in [0.25, 0.3) is 0 Å². The van der Waals surface area contributed by atoms with Gasteiger partial charge >= 0.3 is 5.97 Å². The maximum atomic E-state index is 12.5. The zero-order valence-corrected chi connectivity index (χ0v) is 14.4. The fraction of sp³-hybridized carbons (Fsp3) is 0.0909. The van der Waals surface area contributed by atoms with Crippen LogP contribution in [-0.2, 0) is 11.2 Å². The van der Waals surface area contributed by atoms with Crippen molar-refractivity contribution < 1.29 is 14.3 Å². The predicted octanol–water partition coefficient (Wildman–Crippen LogP) is 4.32. The molecular formula is C22H19NO3. The van der Waals surface area contributed by atoms with Crippen molar-refractivity contribution in [1.82, 2.24) is 0 Å². The third kappa shape index (κ3) is 4.16. The number of carbonyl (C=O) groups excluding carboxylic acids is 2. The number of carbonyl (C=O) groups is 2. The fourth-order valence-corrected chi connectivity index (χ4v) is 2.68. The van der Waals surface area contributed by atoms with E-state index in [9.17, 15) is 9.59 Å². The van der Waals surface area contributed by atoms with Crippen LogP contribution in [0.5, 0.6) is 0 Å². The number of ether oxygens (including phenoxy) is 1. The minimum absolute atomic E-state index is 0.220. The van der Waals surface area contributed by atoms with Crippen LogP contribution in [0.3, 0.4) is 0 Å². The van der Waals surface area contributed by atoms with E-state index in [2.05, 4.69) is 22.2 Å². The first-order chi connectivity index (χ1) is 12.7. The summed E-state index contributed by atoms with van der Waals surface area (Å²) < 4.78 is 4.67. The Morgan fingerprint density at radius 3 is 2.12 bits per heavy atom. The van der Waals surface area contributed by atoms with E-state index in [0.717, 1.165) is 17.7 Å². The van der Waals surface area contributed by atoms with Crippen molar-refractivity contribution >= 4 is 17.6 Å². The fourth-order valence-electron chi connectivity index (χ4n) is 2.68. The Balaban J connectivity index is 1.76. The van der Waals surface area contributed by atoms with Gasteiger partial charge in [-0.15, -0.1) is 0 Å². The highest BCUT2D eigenvalue weighted by atomic mass is 16.5. The minimum Gasteiger partial charge on any atom is -0.465 e. The van der Waals surface area contributed by atoms with Crippen LogP contribution in [0.15, 0.2) is 78.9 Å². The Kier molecular flexibility index (Phi) is 5.44. The molecule has 0 spiro atoms. The molecule has 0 aliphatic rings. The molecule has 0 unspecified atom stereocenters. The van der Waals surface area contributed by atoms with Crippen molar-refractivity contribution in [3.8, 4) is 0 Å². The van der Waals surface area contributed by atoms with Crippen molar-refractivity contribution in [2.45, 2.75) is 6.42 Å². The van der Waals surface area contributed by atoms with Crippen LogP contribution in [0.2, 0.25) is 0 Å². The summed E-state index contributed by atoms with van der Waals surface area (Å²) in [4.78, 5) is 24.0. The lowest BCUT2D eigenvalue weighted by molar-refractivity contribution is 0.0600. The third-order valence-corrected chi connectivity index (χ3v) is 4.07. The lowest BCUT2D eigenvalue weighted by Crippen LogP contribution is -2.13. The Morgan fingerprint density at radius 2 is 1.42 bits per heavy atom. The van der Waals surface area contributed by atoms with E-state index in [4.69, 9.17) is 0 Å². The molecule has 4 nitrogen and oxygen atoms in total. The summed E-state index contributed by atoms with van der Waals surface area (Å²) in [7, 11) is 1.33. The van der Waals surface area contributed by atoms with Crippen molar-refractivity contribution in [1.29, 1.82) is 0 Å². The van der Waals surface area contributed by atoms with Gasteiger partial charge in [0.1, 0.15) is 0 Å². The molecule has 1 N–H and O–H groups in total. The standard InChI is InChI=1S/C22H19NO3/c1-26-22(25)18-13-11-17(12-14-18)21(24)23-20-10-6-5-9-19(20)15-16-7-3-2-4-8-16/h2-14H,15H2,1H3,(H,23,24). The summed E-state index contributed by atoms with van der Waals surface area (Å²) in [5.41, 5.74) is 3.88. The minimum atomic E-state index is -0.426. The third-order valence-electron chi connectivity index (χ3n) is 4.07. The van der Waals surface area contributed by atoms with Crippen molar-refractivity contribution in [2.24, 2.45) is 0 Å². The molecule has 0 bridgehead atoms.